The molecule has 3 rings (SSSR count). The lowest BCUT2D eigenvalue weighted by Gasteiger charge is -2.06. The lowest BCUT2D eigenvalue weighted by Crippen LogP contribution is -1.97. The van der Waals surface area contributed by atoms with Crippen molar-refractivity contribution in [1.29, 1.82) is 0 Å². The van der Waals surface area contributed by atoms with Crippen LogP contribution >= 0.6 is 11.3 Å². The molecule has 0 fully saturated rings. The molecule has 1 aromatic heterocycles. The quantitative estimate of drug-likeness (QED) is 0.518. The fourth-order valence-corrected chi connectivity index (χ4v) is 7.46. The number of thiophene rings is 1. The van der Waals surface area contributed by atoms with Gasteiger partial charge in [-0.05, 0) is 35.1 Å². The van der Waals surface area contributed by atoms with Crippen molar-refractivity contribution in [3.63, 3.8) is 0 Å². The van der Waals surface area contributed by atoms with Crippen LogP contribution in [-0.2, 0) is 34.4 Å². The third-order valence-electron chi connectivity index (χ3n) is 4.65. The van der Waals surface area contributed by atoms with Crippen molar-refractivity contribution in [3.8, 4) is 20.9 Å². The minimum atomic E-state index is -1.22. The Morgan fingerprint density at radius 2 is 1.00 bits per heavy atom. The molecule has 2 atom stereocenters. The van der Waals surface area contributed by atoms with Crippen LogP contribution in [0.5, 0.6) is 0 Å². The highest BCUT2D eigenvalue weighted by Gasteiger charge is 2.25. The van der Waals surface area contributed by atoms with E-state index < -0.39 is 21.6 Å². The Morgan fingerprint density at radius 1 is 0.667 bits per heavy atom. The van der Waals surface area contributed by atoms with Gasteiger partial charge in [0, 0.05) is 12.5 Å². The van der Waals surface area contributed by atoms with Gasteiger partial charge in [0.15, 0.2) is 0 Å². The maximum absolute atomic E-state index is 12.6. The molecule has 2 aromatic carbocycles. The van der Waals surface area contributed by atoms with Gasteiger partial charge >= 0.3 is 0 Å². The first kappa shape index (κ1) is 20.2. The Labute approximate surface area is 170 Å². The second-order valence-corrected chi connectivity index (χ2v) is 10.1. The van der Waals surface area contributed by atoms with Crippen LogP contribution < -0.4 is 0 Å². The Hall–Kier alpha value is -1.56. The fourth-order valence-electron chi connectivity index (χ4n) is 3.09. The highest BCUT2D eigenvalue weighted by molar-refractivity contribution is 7.88. The van der Waals surface area contributed by atoms with E-state index in [1.807, 2.05) is 0 Å². The van der Waals surface area contributed by atoms with Crippen LogP contribution in [0.2, 0.25) is 0 Å². The SMILES string of the molecule is CCc1ccc(-c2sc(-c3ccc(CC)cc3)c(S(C)=O)c2S(C)=O)cc1. The third-order valence-corrected chi connectivity index (χ3v) is 8.29. The molecule has 0 saturated heterocycles. The molecule has 142 valence electrons. The minimum Gasteiger partial charge on any atom is -0.255 e. The molecular formula is C22H24O2S3. The molecule has 0 radical (unpaired) electrons. The normalized spacial score (nSPS) is 13.5. The maximum Gasteiger partial charge on any atom is 0.0739 e. The number of hydrogen-bond donors (Lipinski definition) is 0. The number of rotatable bonds is 6. The van der Waals surface area contributed by atoms with E-state index in [2.05, 4.69) is 62.4 Å². The zero-order valence-electron chi connectivity index (χ0n) is 16.1. The molecule has 0 spiro atoms. The van der Waals surface area contributed by atoms with Crippen LogP contribution in [0.15, 0.2) is 58.3 Å². The van der Waals surface area contributed by atoms with E-state index in [0.717, 1.165) is 33.7 Å². The maximum atomic E-state index is 12.6. The van der Waals surface area contributed by atoms with Gasteiger partial charge in [0.05, 0.1) is 41.1 Å². The summed E-state index contributed by atoms with van der Waals surface area (Å²) in [4.78, 5) is 3.33. The van der Waals surface area contributed by atoms with Crippen molar-refractivity contribution < 1.29 is 8.42 Å². The van der Waals surface area contributed by atoms with Gasteiger partial charge in [-0.1, -0.05) is 62.4 Å². The molecule has 5 heteroatoms. The lowest BCUT2D eigenvalue weighted by atomic mass is 10.1. The number of benzene rings is 2. The van der Waals surface area contributed by atoms with Crippen molar-refractivity contribution in [2.24, 2.45) is 0 Å². The summed E-state index contributed by atoms with van der Waals surface area (Å²) in [7, 11) is -2.44. The predicted octanol–water partition coefficient (Wildman–Crippen LogP) is 5.68. The van der Waals surface area contributed by atoms with E-state index in [-0.39, 0.29) is 0 Å². The van der Waals surface area contributed by atoms with Crippen LogP contribution in [-0.4, -0.2) is 20.9 Å². The summed E-state index contributed by atoms with van der Waals surface area (Å²) in [5, 5.41) is 0. The molecule has 3 aromatic rings. The highest BCUT2D eigenvalue weighted by Crippen LogP contribution is 2.45. The summed E-state index contributed by atoms with van der Waals surface area (Å²) in [5.41, 5.74) is 4.60. The van der Waals surface area contributed by atoms with Gasteiger partial charge in [-0.15, -0.1) is 11.3 Å². The number of hydrogen-bond acceptors (Lipinski definition) is 3. The summed E-state index contributed by atoms with van der Waals surface area (Å²) in [6, 6.07) is 16.7. The topological polar surface area (TPSA) is 34.1 Å². The molecule has 27 heavy (non-hydrogen) atoms. The number of aryl methyl sites for hydroxylation is 2. The van der Waals surface area contributed by atoms with Crippen molar-refractivity contribution >= 4 is 32.9 Å². The molecule has 0 N–H and O–H groups in total. The predicted molar refractivity (Wildman–Crippen MR) is 119 cm³/mol. The molecule has 2 unspecified atom stereocenters. The summed E-state index contributed by atoms with van der Waals surface area (Å²) in [5.74, 6) is 0. The van der Waals surface area contributed by atoms with E-state index in [1.165, 1.54) is 11.1 Å². The van der Waals surface area contributed by atoms with Crippen LogP contribution in [0, 0.1) is 0 Å². The van der Waals surface area contributed by atoms with E-state index in [9.17, 15) is 8.42 Å². The molecule has 2 nitrogen and oxygen atoms in total. The van der Waals surface area contributed by atoms with Crippen molar-refractivity contribution in [2.75, 3.05) is 12.5 Å². The molecule has 0 aliphatic heterocycles. The van der Waals surface area contributed by atoms with Crippen LogP contribution in [0.25, 0.3) is 20.9 Å². The van der Waals surface area contributed by atoms with Gasteiger partial charge in [0.25, 0.3) is 0 Å². The van der Waals surface area contributed by atoms with Gasteiger partial charge in [0.2, 0.25) is 0 Å². The minimum absolute atomic E-state index is 0.708. The van der Waals surface area contributed by atoms with E-state index in [4.69, 9.17) is 0 Å². The molecule has 0 saturated carbocycles. The average molecular weight is 417 g/mol. The Kier molecular flexibility index (Phi) is 6.45. The third kappa shape index (κ3) is 4.15. The summed E-state index contributed by atoms with van der Waals surface area (Å²) in [6.07, 6.45) is 5.31. The van der Waals surface area contributed by atoms with Gasteiger partial charge in [-0.2, -0.15) is 0 Å². The average Bonchev–Trinajstić information content (AvgIpc) is 3.09. The molecule has 0 aliphatic carbocycles. The summed E-state index contributed by atoms with van der Waals surface area (Å²) >= 11 is 1.59. The highest BCUT2D eigenvalue weighted by atomic mass is 32.2. The Bertz CT molecular complexity index is 904. The molecule has 0 bridgehead atoms. The summed E-state index contributed by atoms with van der Waals surface area (Å²) in [6.45, 7) is 4.26. The molecule has 1 heterocycles. The smallest absolute Gasteiger partial charge is 0.0739 e. The Morgan fingerprint density at radius 3 is 1.26 bits per heavy atom. The second-order valence-electron chi connectivity index (χ2n) is 6.43. The van der Waals surface area contributed by atoms with Gasteiger partial charge in [-0.25, -0.2) is 0 Å². The summed E-state index contributed by atoms with van der Waals surface area (Å²) < 4.78 is 25.2. The van der Waals surface area contributed by atoms with Gasteiger partial charge in [-0.3, -0.25) is 8.42 Å². The van der Waals surface area contributed by atoms with E-state index in [0.29, 0.717) is 9.79 Å². The van der Waals surface area contributed by atoms with Gasteiger partial charge < -0.3 is 0 Å². The van der Waals surface area contributed by atoms with E-state index in [1.54, 1.807) is 23.8 Å². The first-order chi connectivity index (χ1) is 13.0. The second kappa shape index (κ2) is 8.63. The fraction of sp³-hybridized carbons (Fsp3) is 0.273. The first-order valence-corrected chi connectivity index (χ1v) is 12.9. The monoisotopic (exact) mass is 416 g/mol. The van der Waals surface area contributed by atoms with Crippen LogP contribution in [0.4, 0.5) is 0 Å². The van der Waals surface area contributed by atoms with Gasteiger partial charge in [0.1, 0.15) is 0 Å². The first-order valence-electron chi connectivity index (χ1n) is 8.98. The van der Waals surface area contributed by atoms with Crippen molar-refractivity contribution in [2.45, 2.75) is 36.5 Å². The largest absolute Gasteiger partial charge is 0.255 e. The van der Waals surface area contributed by atoms with Crippen molar-refractivity contribution in [3.05, 3.63) is 59.7 Å². The van der Waals surface area contributed by atoms with Crippen molar-refractivity contribution in [1.82, 2.24) is 0 Å². The molecule has 0 aliphatic rings. The lowest BCUT2D eigenvalue weighted by molar-refractivity contribution is 0.679. The Balaban J connectivity index is 2.24. The van der Waals surface area contributed by atoms with E-state index >= 15 is 0 Å². The zero-order valence-corrected chi connectivity index (χ0v) is 18.5. The van der Waals surface area contributed by atoms with Crippen LogP contribution in [0.3, 0.4) is 0 Å². The van der Waals surface area contributed by atoms with Crippen LogP contribution in [0.1, 0.15) is 25.0 Å². The molecular weight excluding hydrogens is 392 g/mol. The zero-order chi connectivity index (χ0) is 19.6. The molecule has 0 amide bonds. The standard InChI is InChI=1S/C22H24O2S3/c1-5-15-7-11-17(12-8-15)19-21(26(3)23)22(27(4)24)20(25-19)18-13-9-16(6-2)10-14-18/h7-14H,5-6H2,1-4H3.